The quantitative estimate of drug-likeness (QED) is 0.493. The van der Waals surface area contributed by atoms with Gasteiger partial charge in [0.05, 0.1) is 0 Å². The molecule has 0 fully saturated rings. The number of para-hydroxylation sites is 1. The van der Waals surface area contributed by atoms with Crippen molar-refractivity contribution < 1.29 is 4.43 Å². The Kier molecular flexibility index (Phi) is 4.39. The van der Waals surface area contributed by atoms with Crippen LogP contribution in [0.1, 0.15) is 18.3 Å². The lowest BCUT2D eigenvalue weighted by atomic mass is 10.2. The lowest BCUT2D eigenvalue weighted by Gasteiger charge is -2.14. The molecule has 1 aromatic carbocycles. The molecule has 0 amide bonds. The minimum absolute atomic E-state index is 0.879. The van der Waals surface area contributed by atoms with E-state index < -0.39 is 9.04 Å². The summed E-state index contributed by atoms with van der Waals surface area (Å²) >= 11 is 0. The van der Waals surface area contributed by atoms with Gasteiger partial charge in [0.25, 0.3) is 0 Å². The predicted octanol–water partition coefficient (Wildman–Crippen LogP) is 3.46. The van der Waals surface area contributed by atoms with Crippen LogP contribution in [0.2, 0.25) is 13.1 Å². The van der Waals surface area contributed by atoms with Gasteiger partial charge in [0, 0.05) is 12.4 Å². The first-order valence-corrected chi connectivity index (χ1v) is 9.59. The van der Waals surface area contributed by atoms with Gasteiger partial charge in [-0.05, 0) is 45.5 Å². The van der Waals surface area contributed by atoms with Crippen LogP contribution in [0.4, 0.5) is 5.69 Å². The lowest BCUT2D eigenvalue weighted by Crippen LogP contribution is -2.12. The highest BCUT2D eigenvalue weighted by Gasteiger charge is 2.09. The van der Waals surface area contributed by atoms with Crippen LogP contribution in [-0.4, -0.2) is 24.4 Å². The summed E-state index contributed by atoms with van der Waals surface area (Å²) in [6.45, 7) is 10.3. The van der Waals surface area contributed by atoms with Crippen LogP contribution in [0.25, 0.3) is 0 Å². The predicted molar refractivity (Wildman–Crippen MR) is 85.8 cm³/mol. The molecule has 0 aliphatic rings. The lowest BCUT2D eigenvalue weighted by molar-refractivity contribution is 0.581. The summed E-state index contributed by atoms with van der Waals surface area (Å²) < 4.78 is 7.96. The van der Waals surface area contributed by atoms with E-state index in [9.17, 15) is 0 Å². The van der Waals surface area contributed by atoms with Crippen LogP contribution >= 0.6 is 0 Å². The summed E-state index contributed by atoms with van der Waals surface area (Å²) in [4.78, 5) is 8.98. The van der Waals surface area contributed by atoms with Gasteiger partial charge in [0.15, 0.2) is 0 Å². The molecule has 106 valence electrons. The molecule has 0 saturated carbocycles. The maximum Gasteiger partial charge on any atom is 0.229 e. The van der Waals surface area contributed by atoms with E-state index in [1.54, 1.807) is 6.20 Å². The summed E-state index contributed by atoms with van der Waals surface area (Å²) in [6.07, 6.45) is 3.70. The molecule has 5 heteroatoms. The number of imidazole rings is 1. The van der Waals surface area contributed by atoms with Crippen molar-refractivity contribution in [2.75, 3.05) is 0 Å². The fraction of sp³-hybridized carbons (Fsp3) is 0.333. The van der Waals surface area contributed by atoms with Crippen molar-refractivity contribution in [3.05, 3.63) is 42.0 Å². The highest BCUT2D eigenvalue weighted by Crippen LogP contribution is 2.31. The number of rotatable bonds is 3. The molecular formula is C15H21N3OSi. The van der Waals surface area contributed by atoms with Crippen molar-refractivity contribution in [2.45, 2.75) is 33.9 Å². The summed E-state index contributed by atoms with van der Waals surface area (Å²) in [5, 5.41) is 0. The molecule has 0 aliphatic carbocycles. The Balaban J connectivity index is 2.44. The first kappa shape index (κ1) is 14.5. The fourth-order valence-electron chi connectivity index (χ4n) is 2.06. The smallest absolute Gasteiger partial charge is 0.229 e. The number of benzene rings is 1. The highest BCUT2D eigenvalue weighted by atomic mass is 28.3. The number of aryl methyl sites for hydroxylation is 2. The van der Waals surface area contributed by atoms with Gasteiger partial charge in [0.2, 0.25) is 9.04 Å². The minimum atomic E-state index is -1.15. The Hall–Kier alpha value is -1.88. The Morgan fingerprint density at radius 1 is 1.30 bits per heavy atom. The van der Waals surface area contributed by atoms with E-state index in [0.717, 1.165) is 28.7 Å². The molecule has 0 saturated heterocycles. The molecule has 0 radical (unpaired) electrons. The minimum Gasteiger partial charge on any atom is -0.546 e. The Labute approximate surface area is 121 Å². The van der Waals surface area contributed by atoms with E-state index in [-0.39, 0.29) is 0 Å². The van der Waals surface area contributed by atoms with Gasteiger partial charge in [0.1, 0.15) is 23.1 Å². The van der Waals surface area contributed by atoms with E-state index in [4.69, 9.17) is 9.42 Å². The van der Waals surface area contributed by atoms with Crippen molar-refractivity contribution in [3.63, 3.8) is 0 Å². The number of aromatic nitrogens is 2. The number of aliphatic imine (C=N–C) groups is 1. The first-order valence-electron chi connectivity index (χ1n) is 6.81. The third-order valence-corrected chi connectivity index (χ3v) is 3.74. The van der Waals surface area contributed by atoms with Gasteiger partial charge in [-0.2, -0.15) is 0 Å². The molecule has 0 bridgehead atoms. The van der Waals surface area contributed by atoms with Crippen molar-refractivity contribution in [2.24, 2.45) is 4.99 Å². The second-order valence-corrected chi connectivity index (χ2v) is 7.42. The molecular weight excluding hydrogens is 266 g/mol. The van der Waals surface area contributed by atoms with Crippen molar-refractivity contribution in [1.29, 1.82) is 0 Å². The van der Waals surface area contributed by atoms with Crippen LogP contribution in [0.3, 0.4) is 0 Å². The summed E-state index contributed by atoms with van der Waals surface area (Å²) in [6, 6.07) is 6.06. The zero-order valence-corrected chi connectivity index (χ0v) is 13.9. The molecule has 2 rings (SSSR count). The number of hydrogen-bond acceptors (Lipinski definition) is 3. The van der Waals surface area contributed by atoms with Gasteiger partial charge in [-0.1, -0.05) is 12.1 Å². The maximum atomic E-state index is 5.98. The Bertz CT molecular complexity index is 632. The molecule has 0 spiro atoms. The van der Waals surface area contributed by atoms with Crippen LogP contribution in [-0.2, 0) is 0 Å². The third-order valence-electron chi connectivity index (χ3n) is 3.01. The largest absolute Gasteiger partial charge is 0.546 e. The van der Waals surface area contributed by atoms with Gasteiger partial charge >= 0.3 is 0 Å². The van der Waals surface area contributed by atoms with E-state index in [1.807, 2.05) is 36.7 Å². The molecule has 4 nitrogen and oxygen atoms in total. The average molecular weight is 287 g/mol. The zero-order valence-electron chi connectivity index (χ0n) is 12.7. The summed E-state index contributed by atoms with van der Waals surface area (Å²) in [5.41, 5.74) is 2.04. The van der Waals surface area contributed by atoms with E-state index >= 15 is 0 Å². The van der Waals surface area contributed by atoms with Gasteiger partial charge in [-0.15, -0.1) is 0 Å². The van der Waals surface area contributed by atoms with Gasteiger partial charge < -0.3 is 4.43 Å². The van der Waals surface area contributed by atoms with E-state index in [0.29, 0.717) is 0 Å². The molecule has 1 aromatic heterocycles. The standard InChI is InChI=1S/C15H21N3OSi/c1-11-7-6-8-14(19-20(4)5)15(11)17-13(3)18-10-9-16-12(18)2/h6-10,20H,1-5H3. The molecule has 0 unspecified atom stereocenters. The van der Waals surface area contributed by atoms with Crippen LogP contribution in [0, 0.1) is 13.8 Å². The number of hydrogen-bond donors (Lipinski definition) is 0. The highest BCUT2D eigenvalue weighted by molar-refractivity contribution is 6.49. The average Bonchev–Trinajstić information content (AvgIpc) is 2.79. The Morgan fingerprint density at radius 2 is 2.05 bits per heavy atom. The summed E-state index contributed by atoms with van der Waals surface area (Å²) in [7, 11) is -1.15. The molecule has 2 aromatic rings. The van der Waals surface area contributed by atoms with Crippen LogP contribution in [0.5, 0.6) is 5.75 Å². The third kappa shape index (κ3) is 3.16. The fourth-order valence-corrected chi connectivity index (χ4v) is 2.76. The topological polar surface area (TPSA) is 39.4 Å². The van der Waals surface area contributed by atoms with Crippen molar-refractivity contribution in [3.8, 4) is 5.75 Å². The normalized spacial score (nSPS) is 12.0. The SMILES string of the molecule is CC(=Nc1c(C)cccc1O[SiH](C)C)n1ccnc1C. The monoisotopic (exact) mass is 287 g/mol. The molecule has 0 aliphatic heterocycles. The second kappa shape index (κ2) is 6.05. The zero-order chi connectivity index (χ0) is 14.7. The van der Waals surface area contributed by atoms with Gasteiger partial charge in [-0.3, -0.25) is 4.57 Å². The maximum absolute atomic E-state index is 5.98. The molecule has 0 N–H and O–H groups in total. The van der Waals surface area contributed by atoms with Crippen molar-refractivity contribution in [1.82, 2.24) is 9.55 Å². The molecule has 20 heavy (non-hydrogen) atoms. The summed E-state index contributed by atoms with van der Waals surface area (Å²) in [5.74, 6) is 2.70. The van der Waals surface area contributed by atoms with Crippen LogP contribution in [0.15, 0.2) is 35.6 Å². The van der Waals surface area contributed by atoms with E-state index in [2.05, 4.69) is 31.1 Å². The first-order chi connectivity index (χ1) is 9.49. The Morgan fingerprint density at radius 3 is 2.65 bits per heavy atom. The van der Waals surface area contributed by atoms with E-state index in [1.165, 1.54) is 0 Å². The van der Waals surface area contributed by atoms with Gasteiger partial charge in [-0.25, -0.2) is 9.98 Å². The second-order valence-electron chi connectivity index (χ2n) is 5.09. The number of nitrogens with zero attached hydrogens (tertiary/aromatic N) is 3. The molecule has 1 heterocycles. The molecule has 0 atom stereocenters. The van der Waals surface area contributed by atoms with Crippen LogP contribution < -0.4 is 4.43 Å². The van der Waals surface area contributed by atoms with Crippen molar-refractivity contribution >= 4 is 20.6 Å².